The Hall–Kier alpha value is -2.43. The summed E-state index contributed by atoms with van der Waals surface area (Å²) in [5, 5.41) is 3.90. The van der Waals surface area contributed by atoms with E-state index in [0.29, 0.717) is 24.0 Å². The fourth-order valence-corrected chi connectivity index (χ4v) is 5.41. The highest BCUT2D eigenvalue weighted by molar-refractivity contribution is 7.50. The lowest BCUT2D eigenvalue weighted by molar-refractivity contribution is 0.200. The first-order valence-corrected chi connectivity index (χ1v) is 13.8. The third-order valence-electron chi connectivity index (χ3n) is 6.73. The second-order valence-electron chi connectivity index (χ2n) is 9.27. The molecule has 0 amide bonds. The summed E-state index contributed by atoms with van der Waals surface area (Å²) in [6, 6.07) is 14.1. The molecule has 1 heterocycles. The molecule has 1 aliphatic rings. The summed E-state index contributed by atoms with van der Waals surface area (Å²) in [5.41, 5.74) is 3.79. The molecule has 1 saturated carbocycles. The van der Waals surface area contributed by atoms with Gasteiger partial charge in [-0.1, -0.05) is 18.2 Å². The van der Waals surface area contributed by atoms with Gasteiger partial charge in [0.1, 0.15) is 11.5 Å². The molecule has 182 valence electrons. The highest BCUT2D eigenvalue weighted by atomic mass is 31.1. The first-order valence-electron chi connectivity index (χ1n) is 11.9. The van der Waals surface area contributed by atoms with Crippen molar-refractivity contribution in [3.05, 3.63) is 65.7 Å². The van der Waals surface area contributed by atoms with E-state index < -0.39 is 14.1 Å². The van der Waals surface area contributed by atoms with Gasteiger partial charge in [-0.3, -0.25) is 4.68 Å². The van der Waals surface area contributed by atoms with Crippen LogP contribution >= 0.6 is 8.15 Å². The van der Waals surface area contributed by atoms with Gasteiger partial charge in [0.05, 0.1) is 19.3 Å². The molecule has 0 saturated heterocycles. The Labute approximate surface area is 202 Å². The molecule has 7 heteroatoms. The fourth-order valence-electron chi connectivity index (χ4n) is 4.83. The lowest BCUT2D eigenvalue weighted by Crippen LogP contribution is -2.19. The van der Waals surface area contributed by atoms with Gasteiger partial charge in [0.15, 0.2) is 0 Å². The maximum absolute atomic E-state index is 14.5. The molecule has 3 aromatic rings. The zero-order chi connectivity index (χ0) is 24.1. The van der Waals surface area contributed by atoms with Crippen LogP contribution in [0.5, 0.6) is 11.5 Å². The van der Waals surface area contributed by atoms with E-state index >= 15 is 0 Å². The first-order chi connectivity index (χ1) is 16.4. The molecule has 5 nitrogen and oxygen atoms in total. The zero-order valence-electron chi connectivity index (χ0n) is 20.2. The predicted octanol–water partition coefficient (Wildman–Crippen LogP) is 6.15. The van der Waals surface area contributed by atoms with Gasteiger partial charge >= 0.3 is 0 Å². The average Bonchev–Trinajstić information content (AvgIpc) is 3.19. The fraction of sp³-hybridized carbons (Fsp3) is 0.444. The van der Waals surface area contributed by atoms with Crippen molar-refractivity contribution >= 4 is 8.15 Å². The average molecular weight is 485 g/mol. The van der Waals surface area contributed by atoms with E-state index in [1.54, 1.807) is 20.4 Å². The third-order valence-corrected chi connectivity index (χ3v) is 7.60. The molecular weight excluding hydrogens is 450 g/mol. The van der Waals surface area contributed by atoms with Crippen LogP contribution in [0, 0.1) is 11.9 Å². The first kappa shape index (κ1) is 24.7. The Bertz CT molecular complexity index is 1090. The quantitative estimate of drug-likeness (QED) is 0.370. The van der Waals surface area contributed by atoms with Gasteiger partial charge in [-0.2, -0.15) is 4.39 Å². The molecule has 1 N–H and O–H groups in total. The zero-order valence-corrected chi connectivity index (χ0v) is 21.1. The van der Waals surface area contributed by atoms with E-state index in [-0.39, 0.29) is 0 Å². The Kier molecular flexibility index (Phi) is 8.23. The number of hydrogen-bond donors (Lipinski definition) is 1. The monoisotopic (exact) mass is 484 g/mol. The maximum atomic E-state index is 14.5. The van der Waals surface area contributed by atoms with Crippen LogP contribution in [0.2, 0.25) is 0 Å². The molecule has 1 atom stereocenters. The Morgan fingerprint density at radius 1 is 1.09 bits per heavy atom. The molecule has 1 unspecified atom stereocenters. The summed E-state index contributed by atoms with van der Waals surface area (Å²) < 4.78 is 27.6. The van der Waals surface area contributed by atoms with E-state index in [2.05, 4.69) is 23.3 Å². The smallest absolute Gasteiger partial charge is 0.240 e. The van der Waals surface area contributed by atoms with Crippen molar-refractivity contribution in [2.45, 2.75) is 38.0 Å². The molecule has 1 aromatic heterocycles. The van der Waals surface area contributed by atoms with Crippen LogP contribution in [0.4, 0.5) is 4.39 Å². The van der Waals surface area contributed by atoms with Crippen LogP contribution in [-0.4, -0.2) is 41.2 Å². The summed E-state index contributed by atoms with van der Waals surface area (Å²) in [7, 11) is 2.53. The van der Waals surface area contributed by atoms with Gasteiger partial charge in [-0.05, 0) is 97.7 Å². The van der Waals surface area contributed by atoms with Crippen LogP contribution < -0.4 is 9.47 Å². The van der Waals surface area contributed by atoms with Gasteiger partial charge < -0.3 is 14.4 Å². The minimum Gasteiger partial charge on any atom is -0.497 e. The van der Waals surface area contributed by atoms with Crippen LogP contribution in [0.1, 0.15) is 42.7 Å². The van der Waals surface area contributed by atoms with Crippen molar-refractivity contribution < 1.29 is 18.8 Å². The van der Waals surface area contributed by atoms with E-state index in [9.17, 15) is 9.28 Å². The number of ether oxygens (including phenoxy) is 2. The molecule has 0 spiro atoms. The molecule has 0 bridgehead atoms. The standard InChI is InChI=1S/C27H34FN2O3P/c1-30-17-26(27(28)29-30)24-12-11-22(32-2)16-25(24)21-9-7-20(8-10-21)18-33-23-6-4-5-19(15-23)13-14-34(3)31/h4-6,11-12,15-17,20-21,31H,7-10,13-14,18H2,1-3H3. The maximum Gasteiger partial charge on any atom is 0.240 e. The van der Waals surface area contributed by atoms with Gasteiger partial charge in [0, 0.05) is 21.4 Å². The summed E-state index contributed by atoms with van der Waals surface area (Å²) in [6.07, 6.45) is 7.65. The highest BCUT2D eigenvalue weighted by Crippen LogP contribution is 2.42. The lowest BCUT2D eigenvalue weighted by atomic mass is 9.77. The number of hydrogen-bond acceptors (Lipinski definition) is 4. The third kappa shape index (κ3) is 6.17. The van der Waals surface area contributed by atoms with Crippen LogP contribution in [0.3, 0.4) is 0 Å². The van der Waals surface area contributed by atoms with Crippen molar-refractivity contribution in [3.8, 4) is 22.6 Å². The molecular formula is C27H34FN2O3P. The van der Waals surface area contributed by atoms with Crippen LogP contribution in [0.25, 0.3) is 11.1 Å². The molecule has 0 radical (unpaired) electrons. The van der Waals surface area contributed by atoms with Crippen LogP contribution in [-0.2, 0) is 13.5 Å². The molecule has 2 aromatic carbocycles. The number of nitrogens with zero attached hydrogens (tertiary/aromatic N) is 2. The summed E-state index contributed by atoms with van der Waals surface area (Å²) >= 11 is 0. The van der Waals surface area contributed by atoms with Crippen molar-refractivity contribution in [2.24, 2.45) is 13.0 Å². The Morgan fingerprint density at radius 3 is 2.56 bits per heavy atom. The minimum atomic E-state index is -0.871. The topological polar surface area (TPSA) is 56.5 Å². The second kappa shape index (κ2) is 11.3. The van der Waals surface area contributed by atoms with Crippen molar-refractivity contribution in [1.29, 1.82) is 0 Å². The Morgan fingerprint density at radius 2 is 1.88 bits per heavy atom. The van der Waals surface area contributed by atoms with E-state index in [1.165, 1.54) is 10.2 Å². The van der Waals surface area contributed by atoms with Gasteiger partial charge in [-0.25, -0.2) is 0 Å². The largest absolute Gasteiger partial charge is 0.497 e. The number of methoxy groups -OCH3 is 1. The number of aryl methyl sites for hydroxylation is 2. The number of aromatic nitrogens is 2. The molecule has 1 fully saturated rings. The van der Waals surface area contributed by atoms with Gasteiger partial charge in [-0.15, -0.1) is 5.10 Å². The highest BCUT2D eigenvalue weighted by Gasteiger charge is 2.26. The van der Waals surface area contributed by atoms with Crippen LogP contribution in [0.15, 0.2) is 48.7 Å². The van der Waals surface area contributed by atoms with Crippen molar-refractivity contribution in [2.75, 3.05) is 26.5 Å². The molecule has 4 rings (SSSR count). The van der Waals surface area contributed by atoms with E-state index in [0.717, 1.165) is 60.9 Å². The summed E-state index contributed by atoms with van der Waals surface area (Å²) in [5.74, 6) is 2.12. The normalized spacial score (nSPS) is 19.1. The molecule has 0 aliphatic heterocycles. The predicted molar refractivity (Wildman–Crippen MR) is 135 cm³/mol. The molecule has 34 heavy (non-hydrogen) atoms. The van der Waals surface area contributed by atoms with Gasteiger partial charge in [0.2, 0.25) is 5.95 Å². The number of rotatable bonds is 9. The number of halogens is 1. The van der Waals surface area contributed by atoms with Gasteiger partial charge in [0.25, 0.3) is 0 Å². The number of benzene rings is 2. The lowest BCUT2D eigenvalue weighted by Gasteiger charge is -2.30. The van der Waals surface area contributed by atoms with Crippen molar-refractivity contribution in [1.82, 2.24) is 9.78 Å². The van der Waals surface area contributed by atoms with E-state index in [4.69, 9.17) is 9.47 Å². The summed E-state index contributed by atoms with van der Waals surface area (Å²) in [6.45, 7) is 2.59. The van der Waals surface area contributed by atoms with Crippen molar-refractivity contribution in [3.63, 3.8) is 0 Å². The second-order valence-corrected chi connectivity index (χ2v) is 11.0. The minimum absolute atomic E-state index is 0.353. The SMILES string of the molecule is COc1ccc(-c2cn(C)nc2F)c(C2CCC(COc3cccc(CCP(C)O)c3)CC2)c1. The van der Waals surface area contributed by atoms with E-state index in [1.807, 2.05) is 30.9 Å². The summed E-state index contributed by atoms with van der Waals surface area (Å²) in [4.78, 5) is 9.59. The Balaban J connectivity index is 1.39. The molecule has 1 aliphatic carbocycles.